The van der Waals surface area contributed by atoms with Crippen molar-refractivity contribution in [2.24, 2.45) is 0 Å². The normalized spacial score (nSPS) is 10.3. The van der Waals surface area contributed by atoms with Crippen LogP contribution in [0.1, 0.15) is 27.8 Å². The Balaban J connectivity index is 1.87. The molecule has 0 saturated heterocycles. The van der Waals surface area contributed by atoms with E-state index in [9.17, 15) is 9.59 Å². The van der Waals surface area contributed by atoms with Gasteiger partial charge in [-0.2, -0.15) is 0 Å². The van der Waals surface area contributed by atoms with Crippen LogP contribution in [0, 0.1) is 0 Å². The van der Waals surface area contributed by atoms with Gasteiger partial charge in [-0.1, -0.05) is 17.7 Å². The number of ether oxygens (including phenoxy) is 1. The number of likely N-dealkylation sites (N-methyl/N-ethyl adjacent to an activating group) is 1. The number of aromatic nitrogens is 1. The molecule has 1 heterocycles. The first-order valence-corrected chi connectivity index (χ1v) is 7.18. The maximum Gasteiger partial charge on any atom is 0.270 e. The number of halogens is 1. The second-order valence-electron chi connectivity index (χ2n) is 4.89. The number of carbonyl (C=O) groups is 2. The fourth-order valence-electron chi connectivity index (χ4n) is 1.89. The van der Waals surface area contributed by atoms with Crippen molar-refractivity contribution in [3.05, 3.63) is 52.8 Å². The Hall–Kier alpha value is -2.27. The topological polar surface area (TPSA) is 62.4 Å². The number of carbonyl (C=O) groups excluding carboxylic acids is 2. The zero-order valence-electron chi connectivity index (χ0n) is 12.4. The number of hydrogen-bond donors (Lipinski definition) is 1. The van der Waals surface area contributed by atoms with Crippen molar-refractivity contribution in [3.8, 4) is 5.75 Å². The highest BCUT2D eigenvalue weighted by atomic mass is 35.5. The van der Waals surface area contributed by atoms with E-state index in [0.717, 1.165) is 0 Å². The van der Waals surface area contributed by atoms with Crippen LogP contribution in [0.25, 0.3) is 0 Å². The van der Waals surface area contributed by atoms with Gasteiger partial charge in [0, 0.05) is 23.8 Å². The molecule has 2 aromatic rings. The smallest absolute Gasteiger partial charge is 0.270 e. The van der Waals surface area contributed by atoms with Crippen LogP contribution < -0.4 is 4.74 Å². The van der Waals surface area contributed by atoms with Gasteiger partial charge < -0.3 is 14.6 Å². The molecule has 0 fully saturated rings. The number of Topliss-reactive ketones (excluding diaryl/α,β-unsaturated/α-hetero) is 1. The van der Waals surface area contributed by atoms with Gasteiger partial charge >= 0.3 is 0 Å². The van der Waals surface area contributed by atoms with Crippen molar-refractivity contribution in [2.45, 2.75) is 6.92 Å². The van der Waals surface area contributed by atoms with Gasteiger partial charge in [-0.25, -0.2) is 0 Å². The van der Waals surface area contributed by atoms with Crippen LogP contribution in [0.15, 0.2) is 36.5 Å². The number of nitrogens with zero attached hydrogens (tertiary/aromatic N) is 1. The summed E-state index contributed by atoms with van der Waals surface area (Å²) in [6, 6.07) is 8.64. The van der Waals surface area contributed by atoms with Crippen molar-refractivity contribution >= 4 is 23.3 Å². The number of ketones is 1. The minimum atomic E-state index is -0.192. The quantitative estimate of drug-likeness (QED) is 0.832. The largest absolute Gasteiger partial charge is 0.492 e. The molecule has 0 aliphatic carbocycles. The molecule has 0 saturated carbocycles. The lowest BCUT2D eigenvalue weighted by Crippen LogP contribution is -2.31. The van der Waals surface area contributed by atoms with Gasteiger partial charge in [0.15, 0.2) is 5.78 Å². The first-order chi connectivity index (χ1) is 10.5. The lowest BCUT2D eigenvalue weighted by atomic mass is 10.2. The van der Waals surface area contributed by atoms with Crippen LogP contribution in [-0.4, -0.2) is 41.8 Å². The van der Waals surface area contributed by atoms with E-state index >= 15 is 0 Å². The summed E-state index contributed by atoms with van der Waals surface area (Å²) in [7, 11) is 1.68. The highest BCUT2D eigenvalue weighted by molar-refractivity contribution is 6.30. The maximum absolute atomic E-state index is 12.2. The van der Waals surface area contributed by atoms with E-state index in [1.54, 1.807) is 37.4 Å². The second-order valence-corrected chi connectivity index (χ2v) is 5.33. The van der Waals surface area contributed by atoms with Gasteiger partial charge in [0.25, 0.3) is 5.91 Å². The molecule has 0 unspecified atom stereocenters. The molecule has 116 valence electrons. The minimum absolute atomic E-state index is 0.0813. The number of H-pyrrole nitrogens is 1. The molecule has 22 heavy (non-hydrogen) atoms. The van der Waals surface area contributed by atoms with E-state index in [0.29, 0.717) is 35.2 Å². The molecule has 1 aromatic heterocycles. The molecule has 0 spiro atoms. The van der Waals surface area contributed by atoms with Crippen molar-refractivity contribution < 1.29 is 14.3 Å². The van der Waals surface area contributed by atoms with Gasteiger partial charge in [-0.15, -0.1) is 0 Å². The Labute approximate surface area is 133 Å². The van der Waals surface area contributed by atoms with Crippen LogP contribution in [0.2, 0.25) is 5.02 Å². The molecule has 6 heteroatoms. The van der Waals surface area contributed by atoms with Crippen LogP contribution >= 0.6 is 11.6 Å². The third kappa shape index (κ3) is 4.11. The van der Waals surface area contributed by atoms with Gasteiger partial charge in [-0.3, -0.25) is 9.59 Å². The van der Waals surface area contributed by atoms with E-state index < -0.39 is 0 Å². The molecule has 0 aliphatic heterocycles. The zero-order valence-corrected chi connectivity index (χ0v) is 13.2. The summed E-state index contributed by atoms with van der Waals surface area (Å²) in [5.41, 5.74) is 0.877. The molecular weight excluding hydrogens is 304 g/mol. The fourth-order valence-corrected chi connectivity index (χ4v) is 2.07. The maximum atomic E-state index is 12.2. The molecule has 1 amide bonds. The van der Waals surface area contributed by atoms with E-state index in [-0.39, 0.29) is 11.7 Å². The Kier molecular flexibility index (Phi) is 5.22. The number of benzene rings is 1. The number of amides is 1. The van der Waals surface area contributed by atoms with Gasteiger partial charge in [0.1, 0.15) is 18.1 Å². The van der Waals surface area contributed by atoms with Crippen LogP contribution in [0.4, 0.5) is 0 Å². The van der Waals surface area contributed by atoms with Crippen molar-refractivity contribution in [3.63, 3.8) is 0 Å². The van der Waals surface area contributed by atoms with E-state index in [4.69, 9.17) is 16.3 Å². The lowest BCUT2D eigenvalue weighted by molar-refractivity contribution is 0.0768. The fraction of sp³-hybridized carbons (Fsp3) is 0.250. The summed E-state index contributed by atoms with van der Waals surface area (Å²) in [5.74, 6) is 0.386. The molecule has 2 rings (SSSR count). The molecule has 0 aliphatic rings. The summed E-state index contributed by atoms with van der Waals surface area (Å²) < 4.78 is 5.54. The molecule has 5 nitrogen and oxygen atoms in total. The summed E-state index contributed by atoms with van der Waals surface area (Å²) in [5, 5.41) is 0.602. The van der Waals surface area contributed by atoms with E-state index in [1.807, 2.05) is 0 Å². The molecule has 0 radical (unpaired) electrons. The first kappa shape index (κ1) is 16.1. The highest BCUT2D eigenvalue weighted by Gasteiger charge is 2.15. The summed E-state index contributed by atoms with van der Waals surface area (Å²) in [6.45, 7) is 2.22. The van der Waals surface area contributed by atoms with E-state index in [2.05, 4.69) is 4.98 Å². The third-order valence-corrected chi connectivity index (χ3v) is 3.39. The second kappa shape index (κ2) is 7.13. The lowest BCUT2D eigenvalue weighted by Gasteiger charge is -2.16. The van der Waals surface area contributed by atoms with E-state index in [1.165, 1.54) is 18.0 Å². The predicted molar refractivity (Wildman–Crippen MR) is 84.7 cm³/mol. The minimum Gasteiger partial charge on any atom is -0.492 e. The first-order valence-electron chi connectivity index (χ1n) is 6.80. The van der Waals surface area contributed by atoms with Crippen molar-refractivity contribution in [1.82, 2.24) is 9.88 Å². The Bertz CT molecular complexity index is 682. The van der Waals surface area contributed by atoms with Gasteiger partial charge in [0.2, 0.25) is 0 Å². The summed E-state index contributed by atoms with van der Waals surface area (Å²) in [4.78, 5) is 27.8. The average Bonchev–Trinajstić information content (AvgIpc) is 2.96. The molecule has 1 N–H and O–H groups in total. The Morgan fingerprint density at radius 2 is 2.09 bits per heavy atom. The number of aromatic amines is 1. The summed E-state index contributed by atoms with van der Waals surface area (Å²) in [6.07, 6.45) is 1.53. The zero-order chi connectivity index (χ0) is 16.1. The Morgan fingerprint density at radius 3 is 2.73 bits per heavy atom. The molecule has 0 atom stereocenters. The number of rotatable bonds is 6. The third-order valence-electron chi connectivity index (χ3n) is 3.16. The standard InChI is InChI=1S/C16H17ClN2O3/c1-11(20)12-8-15(18-10-12)16(21)19(2)6-7-22-14-5-3-4-13(17)9-14/h3-5,8-10,18H,6-7H2,1-2H3. The van der Waals surface area contributed by atoms with Gasteiger partial charge in [-0.05, 0) is 31.2 Å². The number of nitrogens with one attached hydrogen (secondary N) is 1. The van der Waals surface area contributed by atoms with Gasteiger partial charge in [0.05, 0.1) is 6.54 Å². The summed E-state index contributed by atoms with van der Waals surface area (Å²) >= 11 is 5.87. The highest BCUT2D eigenvalue weighted by Crippen LogP contribution is 2.17. The van der Waals surface area contributed by atoms with Crippen molar-refractivity contribution in [1.29, 1.82) is 0 Å². The monoisotopic (exact) mass is 320 g/mol. The van der Waals surface area contributed by atoms with Crippen molar-refractivity contribution in [2.75, 3.05) is 20.2 Å². The molecular formula is C16H17ClN2O3. The van der Waals surface area contributed by atoms with Crippen LogP contribution in [0.3, 0.4) is 0 Å². The number of hydrogen-bond acceptors (Lipinski definition) is 3. The van der Waals surface area contributed by atoms with Crippen LogP contribution in [0.5, 0.6) is 5.75 Å². The molecule has 0 bridgehead atoms. The SMILES string of the molecule is CC(=O)c1c[nH]c(C(=O)N(C)CCOc2cccc(Cl)c2)c1. The molecule has 1 aromatic carbocycles. The average molecular weight is 321 g/mol. The predicted octanol–water partition coefficient (Wildman–Crippen LogP) is 3.02. The van der Waals surface area contributed by atoms with Crippen LogP contribution in [-0.2, 0) is 0 Å². The Morgan fingerprint density at radius 1 is 1.32 bits per heavy atom.